The van der Waals surface area contributed by atoms with Crippen molar-refractivity contribution in [2.45, 2.75) is 58.3 Å². The number of nitrogens with one attached hydrogen (secondary N) is 1. The van der Waals surface area contributed by atoms with Crippen LogP contribution in [0.3, 0.4) is 0 Å². The average Bonchev–Trinajstić information content (AvgIpc) is 2.76. The lowest BCUT2D eigenvalue weighted by molar-refractivity contribution is -0.121. The lowest BCUT2D eigenvalue weighted by Gasteiger charge is -2.03. The molecular formula is C14H25NO. The molecule has 1 saturated carbocycles. The molecule has 92 valence electrons. The highest BCUT2D eigenvalue weighted by Gasteiger charge is 2.12. The molecule has 0 radical (unpaired) electrons. The van der Waals surface area contributed by atoms with Crippen molar-refractivity contribution in [1.29, 1.82) is 0 Å². The highest BCUT2D eigenvalue weighted by molar-refractivity contribution is 5.75. The van der Waals surface area contributed by atoms with Crippen LogP contribution in [0, 0.1) is 5.92 Å². The number of rotatable bonds is 7. The molecule has 0 aromatic rings. The summed E-state index contributed by atoms with van der Waals surface area (Å²) in [4.78, 5) is 11.1. The maximum Gasteiger partial charge on any atom is 0.219 e. The molecule has 0 aromatic heterocycles. The molecule has 1 aliphatic rings. The van der Waals surface area contributed by atoms with Crippen LogP contribution in [0.2, 0.25) is 0 Å². The lowest BCUT2D eigenvalue weighted by Crippen LogP contribution is -2.21. The van der Waals surface area contributed by atoms with Gasteiger partial charge in [0, 0.05) is 13.0 Å². The Labute approximate surface area is 99.5 Å². The van der Waals surface area contributed by atoms with Crippen LogP contribution in [0.4, 0.5) is 0 Å². The zero-order valence-electron chi connectivity index (χ0n) is 10.5. The summed E-state index contributed by atoms with van der Waals surface area (Å²) in [5, 5.41) is 2.82. The van der Waals surface area contributed by atoms with E-state index in [0.717, 1.165) is 25.3 Å². The first-order valence-corrected chi connectivity index (χ1v) is 6.74. The molecule has 2 heteroatoms. The molecule has 0 unspecified atom stereocenters. The third-order valence-electron chi connectivity index (χ3n) is 3.26. The number of allylic oxidation sites excluding steroid dienone is 2. The Balaban J connectivity index is 1.93. The second-order valence-corrected chi connectivity index (χ2v) is 4.70. The van der Waals surface area contributed by atoms with Gasteiger partial charge >= 0.3 is 0 Å². The van der Waals surface area contributed by atoms with Crippen molar-refractivity contribution in [2.24, 2.45) is 5.92 Å². The van der Waals surface area contributed by atoms with E-state index in [9.17, 15) is 4.79 Å². The summed E-state index contributed by atoms with van der Waals surface area (Å²) in [6.45, 7) is 2.70. The molecule has 2 nitrogen and oxygen atoms in total. The molecule has 0 heterocycles. The van der Waals surface area contributed by atoms with Gasteiger partial charge in [0.05, 0.1) is 0 Å². The fourth-order valence-electron chi connectivity index (χ4n) is 2.32. The summed E-state index contributed by atoms with van der Waals surface area (Å²) in [5.74, 6) is 1.13. The zero-order valence-corrected chi connectivity index (χ0v) is 10.5. The lowest BCUT2D eigenvalue weighted by atomic mass is 10.0. The molecular weight excluding hydrogens is 198 g/mol. The molecule has 1 fully saturated rings. The highest BCUT2D eigenvalue weighted by Crippen LogP contribution is 2.27. The van der Waals surface area contributed by atoms with Gasteiger partial charge in [0.15, 0.2) is 0 Å². The van der Waals surface area contributed by atoms with E-state index in [2.05, 4.69) is 17.5 Å². The Morgan fingerprint density at radius 3 is 2.75 bits per heavy atom. The molecule has 1 rings (SSSR count). The van der Waals surface area contributed by atoms with Gasteiger partial charge in [-0.15, -0.1) is 0 Å². The molecule has 0 bridgehead atoms. The Bertz CT molecular complexity index is 217. The van der Waals surface area contributed by atoms with Gasteiger partial charge in [0.1, 0.15) is 0 Å². The minimum atomic E-state index is 0.187. The molecule has 1 amide bonds. The van der Waals surface area contributed by atoms with Crippen molar-refractivity contribution < 1.29 is 4.79 Å². The number of carbonyl (C=O) groups excluding carboxylic acids is 1. The van der Waals surface area contributed by atoms with Gasteiger partial charge in [-0.3, -0.25) is 4.79 Å². The van der Waals surface area contributed by atoms with E-state index in [1.807, 2.05) is 6.92 Å². The minimum absolute atomic E-state index is 0.187. The van der Waals surface area contributed by atoms with Crippen LogP contribution < -0.4 is 5.32 Å². The quantitative estimate of drug-likeness (QED) is 0.520. The van der Waals surface area contributed by atoms with Gasteiger partial charge in [-0.2, -0.15) is 0 Å². The van der Waals surface area contributed by atoms with Gasteiger partial charge in [-0.05, 0) is 32.1 Å². The number of unbranched alkanes of at least 4 members (excludes halogenated alkanes) is 1. The molecule has 0 spiro atoms. The maximum atomic E-state index is 11.1. The average molecular weight is 223 g/mol. The van der Waals surface area contributed by atoms with Gasteiger partial charge in [0.25, 0.3) is 0 Å². The van der Waals surface area contributed by atoms with Crippen LogP contribution in [0.1, 0.15) is 58.3 Å². The number of carbonyl (C=O) groups is 1. The van der Waals surface area contributed by atoms with Crippen LogP contribution in [-0.2, 0) is 4.79 Å². The van der Waals surface area contributed by atoms with Crippen LogP contribution in [0.25, 0.3) is 0 Å². The Morgan fingerprint density at radius 1 is 1.31 bits per heavy atom. The SMILES string of the molecule is CCNC(=O)CCC/C=C\CC1CCCC1. The standard InChI is InChI=1S/C14H25NO/c1-2-15-14(16)12-6-4-3-5-9-13-10-7-8-11-13/h3,5,13H,2,4,6-12H2,1H3,(H,15,16)/b5-3-. The highest BCUT2D eigenvalue weighted by atomic mass is 16.1. The monoisotopic (exact) mass is 223 g/mol. The maximum absolute atomic E-state index is 11.1. The van der Waals surface area contributed by atoms with Crippen LogP contribution in [0.15, 0.2) is 12.2 Å². The van der Waals surface area contributed by atoms with Gasteiger partial charge in [-0.1, -0.05) is 37.8 Å². The van der Waals surface area contributed by atoms with Crippen molar-refractivity contribution in [3.05, 3.63) is 12.2 Å². The van der Waals surface area contributed by atoms with Gasteiger partial charge < -0.3 is 5.32 Å². The molecule has 0 aromatic carbocycles. The fourth-order valence-corrected chi connectivity index (χ4v) is 2.32. The van der Waals surface area contributed by atoms with Crippen LogP contribution in [0.5, 0.6) is 0 Å². The largest absolute Gasteiger partial charge is 0.356 e. The predicted molar refractivity (Wildman–Crippen MR) is 68.2 cm³/mol. The Hall–Kier alpha value is -0.790. The van der Waals surface area contributed by atoms with E-state index in [1.54, 1.807) is 0 Å². The van der Waals surface area contributed by atoms with Crippen molar-refractivity contribution in [2.75, 3.05) is 6.54 Å². The summed E-state index contributed by atoms with van der Waals surface area (Å²) in [5.41, 5.74) is 0. The topological polar surface area (TPSA) is 29.1 Å². The van der Waals surface area contributed by atoms with Crippen molar-refractivity contribution >= 4 is 5.91 Å². The molecule has 16 heavy (non-hydrogen) atoms. The number of amides is 1. The third-order valence-corrected chi connectivity index (χ3v) is 3.26. The number of hydrogen-bond donors (Lipinski definition) is 1. The van der Waals surface area contributed by atoms with Crippen molar-refractivity contribution in [1.82, 2.24) is 5.32 Å². The van der Waals surface area contributed by atoms with E-state index in [1.165, 1.54) is 32.1 Å². The second-order valence-electron chi connectivity index (χ2n) is 4.70. The zero-order chi connectivity index (χ0) is 11.6. The van der Waals surface area contributed by atoms with Gasteiger partial charge in [-0.25, -0.2) is 0 Å². The minimum Gasteiger partial charge on any atom is -0.356 e. The Kier molecular flexibility index (Phi) is 6.95. The van der Waals surface area contributed by atoms with Crippen molar-refractivity contribution in [3.63, 3.8) is 0 Å². The van der Waals surface area contributed by atoms with E-state index < -0.39 is 0 Å². The van der Waals surface area contributed by atoms with E-state index in [4.69, 9.17) is 0 Å². The smallest absolute Gasteiger partial charge is 0.219 e. The summed E-state index contributed by atoms with van der Waals surface area (Å²) < 4.78 is 0. The van der Waals surface area contributed by atoms with E-state index in [-0.39, 0.29) is 5.91 Å². The molecule has 1 aliphatic carbocycles. The van der Waals surface area contributed by atoms with E-state index in [0.29, 0.717) is 6.42 Å². The van der Waals surface area contributed by atoms with Crippen LogP contribution >= 0.6 is 0 Å². The molecule has 1 N–H and O–H groups in total. The first-order valence-electron chi connectivity index (χ1n) is 6.74. The Morgan fingerprint density at radius 2 is 2.06 bits per heavy atom. The first-order chi connectivity index (χ1) is 7.83. The van der Waals surface area contributed by atoms with E-state index >= 15 is 0 Å². The van der Waals surface area contributed by atoms with Crippen molar-refractivity contribution in [3.8, 4) is 0 Å². The molecule has 0 atom stereocenters. The van der Waals surface area contributed by atoms with Gasteiger partial charge in [0.2, 0.25) is 5.91 Å². The summed E-state index contributed by atoms with van der Waals surface area (Å²) in [6, 6.07) is 0. The summed E-state index contributed by atoms with van der Waals surface area (Å²) in [7, 11) is 0. The first kappa shape index (κ1) is 13.3. The summed E-state index contributed by atoms with van der Waals surface area (Å²) >= 11 is 0. The second kappa shape index (κ2) is 8.37. The normalized spacial score (nSPS) is 17.1. The van der Waals surface area contributed by atoms with Crippen LogP contribution in [-0.4, -0.2) is 12.5 Å². The predicted octanol–water partition coefficient (Wildman–Crippen LogP) is 3.43. The molecule has 0 aliphatic heterocycles. The number of hydrogen-bond acceptors (Lipinski definition) is 1. The molecule has 0 saturated heterocycles. The fraction of sp³-hybridized carbons (Fsp3) is 0.786. The summed E-state index contributed by atoms with van der Waals surface area (Å²) in [6.07, 6.45) is 14.2. The third kappa shape index (κ3) is 5.94.